The van der Waals surface area contributed by atoms with E-state index in [2.05, 4.69) is 5.32 Å². The van der Waals surface area contributed by atoms with Crippen molar-refractivity contribution in [2.24, 2.45) is 0 Å². The summed E-state index contributed by atoms with van der Waals surface area (Å²) in [6, 6.07) is 5.59. The predicted molar refractivity (Wildman–Crippen MR) is 84.1 cm³/mol. The molecule has 0 aliphatic carbocycles. The number of hydrogen-bond donors (Lipinski definition) is 2. The second-order valence-electron chi connectivity index (χ2n) is 5.11. The second-order valence-corrected chi connectivity index (χ2v) is 5.11. The molecule has 4 nitrogen and oxygen atoms in total. The second kappa shape index (κ2) is 8.62. The molecule has 1 aliphatic rings. The van der Waals surface area contributed by atoms with Gasteiger partial charge in [-0.2, -0.15) is 0 Å². The lowest BCUT2D eigenvalue weighted by Crippen LogP contribution is -2.51. The van der Waals surface area contributed by atoms with Gasteiger partial charge in [0, 0.05) is 26.2 Å². The molecule has 1 aromatic rings. The largest absolute Gasteiger partial charge is 0.494 e. The Kier molecular flexibility index (Phi) is 7.48. The Morgan fingerprint density at radius 2 is 1.86 bits per heavy atom. The van der Waals surface area contributed by atoms with Crippen LogP contribution in [0.2, 0.25) is 0 Å². The lowest BCUT2D eigenvalue weighted by atomic mass is 9.98. The Balaban J connectivity index is 0.00000242. The van der Waals surface area contributed by atoms with Crippen LogP contribution in [-0.2, 0) is 0 Å². The molecule has 22 heavy (non-hydrogen) atoms. The van der Waals surface area contributed by atoms with Crippen molar-refractivity contribution in [1.82, 2.24) is 10.2 Å². The van der Waals surface area contributed by atoms with Gasteiger partial charge in [0.1, 0.15) is 18.4 Å². The third-order valence-electron chi connectivity index (χ3n) is 3.63. The number of aliphatic hydroxyl groups excluding tert-OH is 1. The van der Waals surface area contributed by atoms with Crippen molar-refractivity contribution >= 4 is 12.4 Å². The Bertz CT molecular complexity index is 440. The van der Waals surface area contributed by atoms with Crippen LogP contribution < -0.4 is 10.1 Å². The van der Waals surface area contributed by atoms with E-state index in [1.54, 1.807) is 29.2 Å². The molecule has 2 rings (SSSR count). The van der Waals surface area contributed by atoms with Crippen molar-refractivity contribution in [3.63, 3.8) is 0 Å². The van der Waals surface area contributed by atoms with Crippen LogP contribution in [0.1, 0.15) is 18.5 Å². The zero-order chi connectivity index (χ0) is 15.3. The molecule has 1 saturated heterocycles. The average molecular weight is 337 g/mol. The molecule has 0 radical (unpaired) electrons. The highest BCUT2D eigenvalue weighted by Crippen LogP contribution is 2.37. The molecule has 7 heteroatoms. The minimum Gasteiger partial charge on any atom is -0.494 e. The Labute approximate surface area is 135 Å². The van der Waals surface area contributed by atoms with E-state index in [-0.39, 0.29) is 12.4 Å². The Morgan fingerprint density at radius 1 is 1.27 bits per heavy atom. The quantitative estimate of drug-likeness (QED) is 0.835. The summed E-state index contributed by atoms with van der Waals surface area (Å²) < 4.78 is 33.7. The summed E-state index contributed by atoms with van der Waals surface area (Å²) in [6.07, 6.45) is 0. The van der Waals surface area contributed by atoms with Crippen LogP contribution in [0.5, 0.6) is 5.75 Å². The monoisotopic (exact) mass is 336 g/mol. The van der Waals surface area contributed by atoms with Gasteiger partial charge in [0.15, 0.2) is 0 Å². The summed E-state index contributed by atoms with van der Waals surface area (Å²) in [5, 5.41) is 12.2. The molecule has 1 atom stereocenters. The van der Waals surface area contributed by atoms with Gasteiger partial charge < -0.3 is 15.2 Å². The summed E-state index contributed by atoms with van der Waals surface area (Å²) in [5.41, 5.74) is 0.499. The molecule has 1 fully saturated rings. The first-order valence-electron chi connectivity index (χ1n) is 7.24. The first-order chi connectivity index (χ1) is 10.1. The fourth-order valence-electron chi connectivity index (χ4n) is 2.66. The van der Waals surface area contributed by atoms with E-state index in [1.807, 2.05) is 6.92 Å². The van der Waals surface area contributed by atoms with Crippen LogP contribution in [0.15, 0.2) is 24.3 Å². The van der Waals surface area contributed by atoms with Crippen LogP contribution in [0.4, 0.5) is 8.78 Å². The van der Waals surface area contributed by atoms with Gasteiger partial charge in [0.05, 0.1) is 6.61 Å². The summed E-state index contributed by atoms with van der Waals surface area (Å²) in [7, 11) is 0. The summed E-state index contributed by atoms with van der Waals surface area (Å²) in [5.74, 6) is -2.52. The summed E-state index contributed by atoms with van der Waals surface area (Å²) in [4.78, 5) is 1.72. The average Bonchev–Trinajstić information content (AvgIpc) is 2.50. The maximum Gasteiger partial charge on any atom is 0.289 e. The van der Waals surface area contributed by atoms with Gasteiger partial charge in [-0.25, -0.2) is 8.78 Å². The molecule has 0 saturated carbocycles. The van der Waals surface area contributed by atoms with Gasteiger partial charge in [-0.1, -0.05) is 12.1 Å². The molecule has 0 amide bonds. The van der Waals surface area contributed by atoms with Crippen LogP contribution in [0.3, 0.4) is 0 Å². The van der Waals surface area contributed by atoms with E-state index in [0.29, 0.717) is 44.1 Å². The summed E-state index contributed by atoms with van der Waals surface area (Å²) in [6.45, 7) is 3.67. The molecule has 0 spiro atoms. The maximum absolute atomic E-state index is 14.2. The highest BCUT2D eigenvalue weighted by atomic mass is 35.5. The van der Waals surface area contributed by atoms with Crippen LogP contribution >= 0.6 is 12.4 Å². The Hall–Kier alpha value is -0.950. The molecule has 1 aromatic carbocycles. The molecule has 2 N–H and O–H groups in total. The van der Waals surface area contributed by atoms with E-state index in [9.17, 15) is 8.78 Å². The van der Waals surface area contributed by atoms with Gasteiger partial charge in [-0.15, -0.1) is 12.4 Å². The number of nitrogens with zero attached hydrogens (tertiary/aromatic N) is 1. The number of piperazine rings is 1. The van der Waals surface area contributed by atoms with Gasteiger partial charge >= 0.3 is 0 Å². The summed E-state index contributed by atoms with van der Waals surface area (Å²) >= 11 is 0. The molecular weight excluding hydrogens is 314 g/mol. The molecule has 1 aliphatic heterocycles. The molecule has 0 bridgehead atoms. The van der Waals surface area contributed by atoms with E-state index in [0.717, 1.165) is 0 Å². The van der Waals surface area contributed by atoms with E-state index >= 15 is 0 Å². The minimum atomic E-state index is -3.18. The highest BCUT2D eigenvalue weighted by molar-refractivity contribution is 5.85. The third-order valence-corrected chi connectivity index (χ3v) is 3.63. The number of benzene rings is 1. The molecule has 0 unspecified atom stereocenters. The molecule has 1 heterocycles. The molecular formula is C15H23ClF2N2O2. The van der Waals surface area contributed by atoms with Crippen LogP contribution in [-0.4, -0.2) is 55.3 Å². The number of alkyl halides is 2. The highest BCUT2D eigenvalue weighted by Gasteiger charge is 2.43. The molecule has 126 valence electrons. The number of rotatable bonds is 6. The Morgan fingerprint density at radius 3 is 2.36 bits per heavy atom. The zero-order valence-electron chi connectivity index (χ0n) is 12.6. The van der Waals surface area contributed by atoms with E-state index < -0.39 is 18.6 Å². The van der Waals surface area contributed by atoms with E-state index in [4.69, 9.17) is 9.84 Å². The van der Waals surface area contributed by atoms with Crippen molar-refractivity contribution in [2.75, 3.05) is 39.4 Å². The predicted octanol–water partition coefficient (Wildman–Crippen LogP) is 2.08. The standard InChI is InChI=1S/C15H22F2N2O2.ClH/c1-2-21-13-5-3-12(4-6-13)14(15(16,17)11-20)19-9-7-18-8-10-19;/h3-6,14,18,20H,2,7-11H2,1H3;1H/t14-;/m0./s1. The van der Waals surface area contributed by atoms with Crippen molar-refractivity contribution in [3.05, 3.63) is 29.8 Å². The van der Waals surface area contributed by atoms with Crippen LogP contribution in [0.25, 0.3) is 0 Å². The smallest absolute Gasteiger partial charge is 0.289 e. The normalized spacial score (nSPS) is 17.6. The SMILES string of the molecule is CCOc1ccc([C@H](N2CCNCC2)C(F)(F)CO)cc1.Cl. The number of halogens is 3. The molecule has 0 aromatic heterocycles. The fraction of sp³-hybridized carbons (Fsp3) is 0.600. The van der Waals surface area contributed by atoms with Gasteiger partial charge in [0.25, 0.3) is 5.92 Å². The van der Waals surface area contributed by atoms with Crippen molar-refractivity contribution in [3.8, 4) is 5.75 Å². The van der Waals surface area contributed by atoms with E-state index in [1.165, 1.54) is 0 Å². The van der Waals surface area contributed by atoms with Gasteiger partial charge in [0.2, 0.25) is 0 Å². The maximum atomic E-state index is 14.2. The fourth-order valence-corrected chi connectivity index (χ4v) is 2.66. The first kappa shape index (κ1) is 19.1. The minimum absolute atomic E-state index is 0. The number of ether oxygens (including phenoxy) is 1. The number of hydrogen-bond acceptors (Lipinski definition) is 4. The topological polar surface area (TPSA) is 44.7 Å². The van der Waals surface area contributed by atoms with Crippen molar-refractivity contribution in [1.29, 1.82) is 0 Å². The van der Waals surface area contributed by atoms with Gasteiger partial charge in [-0.05, 0) is 24.6 Å². The van der Waals surface area contributed by atoms with Crippen molar-refractivity contribution < 1.29 is 18.6 Å². The van der Waals surface area contributed by atoms with Crippen LogP contribution in [0, 0.1) is 0 Å². The number of nitrogens with one attached hydrogen (secondary N) is 1. The lowest BCUT2D eigenvalue weighted by Gasteiger charge is -2.38. The first-order valence-corrected chi connectivity index (χ1v) is 7.24. The van der Waals surface area contributed by atoms with Gasteiger partial charge in [-0.3, -0.25) is 4.90 Å². The van der Waals surface area contributed by atoms with Crippen molar-refractivity contribution in [2.45, 2.75) is 18.9 Å². The third kappa shape index (κ3) is 4.52. The lowest BCUT2D eigenvalue weighted by molar-refractivity contribution is -0.118. The number of aliphatic hydroxyl groups is 1. The zero-order valence-corrected chi connectivity index (χ0v) is 13.4.